The number of carbonyl (C=O) groups excluding carboxylic acids is 1. The minimum absolute atomic E-state index is 0.149. The maximum absolute atomic E-state index is 14.0. The first kappa shape index (κ1) is 21.1. The molecule has 0 bridgehead atoms. The first-order valence-electron chi connectivity index (χ1n) is 10.7. The standard InChI is InChI=1S/C25H28FN3O2/c1-27(17-19-7-8-21-16-22(31-2)10-9-20(21)15-19)18-25(30)29-13-11-28(12-14-29)24-6-4-3-5-23(24)26/h3-10,15-16H,11-14,17-18H2,1-2H3/p+1. The molecule has 1 aliphatic heterocycles. The van der Waals surface area contributed by atoms with Gasteiger partial charge in [0.15, 0.2) is 6.54 Å². The zero-order valence-electron chi connectivity index (χ0n) is 18.1. The second-order valence-corrected chi connectivity index (χ2v) is 8.18. The molecule has 1 N–H and O–H groups in total. The second-order valence-electron chi connectivity index (χ2n) is 8.18. The summed E-state index contributed by atoms with van der Waals surface area (Å²) in [4.78, 5) is 17.8. The summed E-state index contributed by atoms with van der Waals surface area (Å²) in [5.41, 5.74) is 1.82. The number of nitrogens with zero attached hydrogens (tertiary/aromatic N) is 2. The topological polar surface area (TPSA) is 37.2 Å². The number of hydrogen-bond acceptors (Lipinski definition) is 3. The van der Waals surface area contributed by atoms with Crippen LogP contribution in [0.25, 0.3) is 10.8 Å². The number of fused-ring (bicyclic) bond motifs is 1. The van der Waals surface area contributed by atoms with Gasteiger partial charge in [-0.05, 0) is 41.1 Å². The fourth-order valence-electron chi connectivity index (χ4n) is 4.20. The van der Waals surface area contributed by atoms with Crippen molar-refractivity contribution in [2.75, 3.05) is 51.8 Å². The van der Waals surface area contributed by atoms with Gasteiger partial charge in [-0.1, -0.05) is 30.3 Å². The van der Waals surface area contributed by atoms with Gasteiger partial charge in [0.1, 0.15) is 18.1 Å². The Labute approximate surface area is 182 Å². The van der Waals surface area contributed by atoms with Crippen LogP contribution in [0.5, 0.6) is 5.75 Å². The summed E-state index contributed by atoms with van der Waals surface area (Å²) in [7, 11) is 3.72. The Balaban J connectivity index is 1.31. The number of carbonyl (C=O) groups is 1. The van der Waals surface area contributed by atoms with Crippen molar-refractivity contribution in [3.05, 3.63) is 72.0 Å². The number of halogens is 1. The number of quaternary nitrogens is 1. The van der Waals surface area contributed by atoms with Crippen LogP contribution in [0.1, 0.15) is 5.56 Å². The largest absolute Gasteiger partial charge is 0.497 e. The Morgan fingerprint density at radius 3 is 2.45 bits per heavy atom. The normalized spacial score (nSPS) is 15.2. The third-order valence-electron chi connectivity index (χ3n) is 5.90. The number of hydrogen-bond donors (Lipinski definition) is 1. The van der Waals surface area contributed by atoms with E-state index in [2.05, 4.69) is 24.3 Å². The van der Waals surface area contributed by atoms with Crippen LogP contribution in [0, 0.1) is 5.82 Å². The lowest BCUT2D eigenvalue weighted by Crippen LogP contribution is -3.09. The highest BCUT2D eigenvalue weighted by molar-refractivity contribution is 5.84. The highest BCUT2D eigenvalue weighted by Crippen LogP contribution is 2.22. The van der Waals surface area contributed by atoms with Crippen molar-refractivity contribution in [2.45, 2.75) is 6.54 Å². The summed E-state index contributed by atoms with van der Waals surface area (Å²) in [5.74, 6) is 0.792. The fraction of sp³-hybridized carbons (Fsp3) is 0.320. The van der Waals surface area contributed by atoms with Gasteiger partial charge in [0.25, 0.3) is 5.91 Å². The molecule has 6 heteroatoms. The summed E-state index contributed by atoms with van der Waals surface area (Å²) in [6.07, 6.45) is 0. The highest BCUT2D eigenvalue weighted by atomic mass is 19.1. The van der Waals surface area contributed by atoms with E-state index in [0.29, 0.717) is 38.4 Å². The summed E-state index contributed by atoms with van der Waals surface area (Å²) < 4.78 is 19.3. The average Bonchev–Trinajstić information content (AvgIpc) is 2.79. The third-order valence-corrected chi connectivity index (χ3v) is 5.90. The van der Waals surface area contributed by atoms with Crippen molar-refractivity contribution in [3.63, 3.8) is 0 Å². The van der Waals surface area contributed by atoms with Crippen LogP contribution in [-0.2, 0) is 11.3 Å². The van der Waals surface area contributed by atoms with Gasteiger partial charge in [-0.15, -0.1) is 0 Å². The Bertz CT molecular complexity index is 1060. The highest BCUT2D eigenvalue weighted by Gasteiger charge is 2.24. The molecule has 162 valence electrons. The first-order chi connectivity index (χ1) is 15.0. The number of benzene rings is 3. The van der Waals surface area contributed by atoms with Crippen molar-refractivity contribution in [1.82, 2.24) is 4.90 Å². The van der Waals surface area contributed by atoms with Crippen LogP contribution in [0.15, 0.2) is 60.7 Å². The van der Waals surface area contributed by atoms with E-state index in [1.54, 1.807) is 19.2 Å². The molecule has 1 saturated heterocycles. The molecule has 1 aliphatic rings. The Hall–Kier alpha value is -3.12. The number of ether oxygens (including phenoxy) is 1. The first-order valence-corrected chi connectivity index (χ1v) is 10.7. The molecule has 1 fully saturated rings. The van der Waals surface area contributed by atoms with Gasteiger partial charge in [-0.3, -0.25) is 4.79 Å². The molecule has 0 spiro atoms. The molecule has 3 aromatic carbocycles. The summed E-state index contributed by atoms with van der Waals surface area (Å²) in [5, 5.41) is 2.31. The van der Waals surface area contributed by atoms with Crippen LogP contribution in [0.3, 0.4) is 0 Å². The van der Waals surface area contributed by atoms with E-state index in [9.17, 15) is 9.18 Å². The molecule has 1 unspecified atom stereocenters. The monoisotopic (exact) mass is 422 g/mol. The number of likely N-dealkylation sites (N-methyl/N-ethyl adjacent to an activating group) is 1. The lowest BCUT2D eigenvalue weighted by Gasteiger charge is -2.36. The lowest BCUT2D eigenvalue weighted by atomic mass is 10.1. The van der Waals surface area contributed by atoms with Gasteiger partial charge >= 0.3 is 0 Å². The van der Waals surface area contributed by atoms with E-state index in [-0.39, 0.29) is 11.7 Å². The Kier molecular flexibility index (Phi) is 6.37. The van der Waals surface area contributed by atoms with Crippen LogP contribution in [0.2, 0.25) is 0 Å². The maximum atomic E-state index is 14.0. The molecular formula is C25H29FN3O2+. The van der Waals surface area contributed by atoms with Crippen LogP contribution >= 0.6 is 0 Å². The Morgan fingerprint density at radius 1 is 1.00 bits per heavy atom. The van der Waals surface area contributed by atoms with Crippen LogP contribution in [-0.4, -0.2) is 57.7 Å². The molecule has 0 aromatic heterocycles. The number of methoxy groups -OCH3 is 1. The van der Waals surface area contributed by atoms with Gasteiger partial charge in [0.05, 0.1) is 19.8 Å². The van der Waals surface area contributed by atoms with Gasteiger partial charge in [0, 0.05) is 31.7 Å². The smallest absolute Gasteiger partial charge is 0.277 e. The van der Waals surface area contributed by atoms with Crippen molar-refractivity contribution in [3.8, 4) is 5.75 Å². The number of rotatable bonds is 6. The molecule has 5 nitrogen and oxygen atoms in total. The van der Waals surface area contributed by atoms with E-state index >= 15 is 0 Å². The number of amides is 1. The number of nitrogens with one attached hydrogen (secondary N) is 1. The van der Waals surface area contributed by atoms with E-state index in [1.165, 1.54) is 17.0 Å². The SMILES string of the molecule is COc1ccc2cc(C[NH+](C)CC(=O)N3CCN(c4ccccc4F)CC3)ccc2c1. The molecule has 0 saturated carbocycles. The van der Waals surface area contributed by atoms with E-state index < -0.39 is 0 Å². The Morgan fingerprint density at radius 2 is 1.71 bits per heavy atom. The summed E-state index contributed by atoms with van der Waals surface area (Å²) in [6, 6.07) is 19.3. The molecular weight excluding hydrogens is 393 g/mol. The van der Waals surface area contributed by atoms with Crippen molar-refractivity contribution >= 4 is 22.4 Å². The minimum atomic E-state index is -0.208. The quantitative estimate of drug-likeness (QED) is 0.663. The summed E-state index contributed by atoms with van der Waals surface area (Å²) >= 11 is 0. The third kappa shape index (κ3) is 4.97. The lowest BCUT2D eigenvalue weighted by molar-refractivity contribution is -0.885. The zero-order chi connectivity index (χ0) is 21.8. The predicted molar refractivity (Wildman–Crippen MR) is 121 cm³/mol. The molecule has 1 heterocycles. The van der Waals surface area contributed by atoms with Crippen molar-refractivity contribution < 1.29 is 18.8 Å². The van der Waals surface area contributed by atoms with Gasteiger partial charge in [-0.25, -0.2) is 4.39 Å². The number of para-hydroxylation sites is 1. The fourth-order valence-corrected chi connectivity index (χ4v) is 4.20. The molecule has 1 atom stereocenters. The average molecular weight is 423 g/mol. The van der Waals surface area contributed by atoms with Gasteiger partial charge in [-0.2, -0.15) is 0 Å². The minimum Gasteiger partial charge on any atom is -0.497 e. The second kappa shape index (κ2) is 9.35. The summed E-state index contributed by atoms with van der Waals surface area (Å²) in [6.45, 7) is 3.78. The van der Waals surface area contributed by atoms with Gasteiger partial charge < -0.3 is 19.4 Å². The van der Waals surface area contributed by atoms with E-state index in [1.807, 2.05) is 35.0 Å². The number of piperazine rings is 1. The maximum Gasteiger partial charge on any atom is 0.277 e. The zero-order valence-corrected chi connectivity index (χ0v) is 18.1. The van der Waals surface area contributed by atoms with Crippen LogP contribution < -0.4 is 14.5 Å². The molecule has 1 amide bonds. The predicted octanol–water partition coefficient (Wildman–Crippen LogP) is 2.35. The molecule has 4 rings (SSSR count). The van der Waals surface area contributed by atoms with E-state index in [0.717, 1.165) is 22.6 Å². The van der Waals surface area contributed by atoms with Gasteiger partial charge in [0.2, 0.25) is 0 Å². The van der Waals surface area contributed by atoms with E-state index in [4.69, 9.17) is 4.74 Å². The van der Waals surface area contributed by atoms with Crippen molar-refractivity contribution in [1.29, 1.82) is 0 Å². The molecule has 31 heavy (non-hydrogen) atoms. The molecule has 0 radical (unpaired) electrons. The van der Waals surface area contributed by atoms with Crippen molar-refractivity contribution in [2.24, 2.45) is 0 Å². The number of anilines is 1. The molecule has 3 aromatic rings. The van der Waals surface area contributed by atoms with Crippen LogP contribution in [0.4, 0.5) is 10.1 Å². The molecule has 0 aliphatic carbocycles.